The molecule has 2 rings (SSSR count). The van der Waals surface area contributed by atoms with Gasteiger partial charge in [-0.05, 0) is 44.2 Å². The van der Waals surface area contributed by atoms with Crippen LogP contribution in [-0.4, -0.2) is 61.2 Å². The molecule has 3 unspecified atom stereocenters. The maximum atomic E-state index is 3.81. The van der Waals surface area contributed by atoms with E-state index in [4.69, 9.17) is 0 Å². The molecule has 0 aromatic heterocycles. The highest BCUT2D eigenvalue weighted by molar-refractivity contribution is 4.95. The second kappa shape index (κ2) is 7.43. The van der Waals surface area contributed by atoms with Crippen molar-refractivity contribution in [2.45, 2.75) is 66.0 Å². The van der Waals surface area contributed by atoms with E-state index in [2.05, 4.69) is 49.7 Å². The molecule has 0 aromatic carbocycles. The van der Waals surface area contributed by atoms with E-state index in [0.29, 0.717) is 11.5 Å². The average Bonchev–Trinajstić information content (AvgIpc) is 2.43. The van der Waals surface area contributed by atoms with Gasteiger partial charge in [-0.25, -0.2) is 0 Å². The Morgan fingerprint density at radius 2 is 1.95 bits per heavy atom. The fourth-order valence-electron chi connectivity index (χ4n) is 4.68. The first kappa shape index (κ1) is 17.2. The summed E-state index contributed by atoms with van der Waals surface area (Å²) in [5.41, 5.74) is 0.454. The molecule has 0 spiro atoms. The van der Waals surface area contributed by atoms with Crippen LogP contribution in [0.25, 0.3) is 0 Å². The molecule has 1 heterocycles. The summed E-state index contributed by atoms with van der Waals surface area (Å²) in [6.07, 6.45) is 4.19. The normalized spacial score (nSPS) is 35.0. The van der Waals surface area contributed by atoms with E-state index in [1.807, 2.05) is 0 Å². The zero-order chi connectivity index (χ0) is 15.5. The Morgan fingerprint density at radius 3 is 2.57 bits per heavy atom. The minimum Gasteiger partial charge on any atom is -0.313 e. The molecule has 1 saturated carbocycles. The highest BCUT2D eigenvalue weighted by Gasteiger charge is 2.39. The summed E-state index contributed by atoms with van der Waals surface area (Å²) in [5, 5.41) is 3.81. The van der Waals surface area contributed by atoms with Gasteiger partial charge in [0.2, 0.25) is 0 Å². The molecule has 2 fully saturated rings. The Balaban J connectivity index is 1.94. The number of nitrogens with one attached hydrogen (secondary N) is 1. The van der Waals surface area contributed by atoms with Crippen molar-refractivity contribution >= 4 is 0 Å². The van der Waals surface area contributed by atoms with Crippen molar-refractivity contribution in [3.8, 4) is 0 Å². The zero-order valence-corrected chi connectivity index (χ0v) is 15.0. The molecule has 124 valence electrons. The van der Waals surface area contributed by atoms with Gasteiger partial charge in [-0.15, -0.1) is 0 Å². The van der Waals surface area contributed by atoms with E-state index in [9.17, 15) is 0 Å². The lowest BCUT2D eigenvalue weighted by molar-refractivity contribution is 0.0405. The maximum absolute atomic E-state index is 3.81. The molecule has 0 bridgehead atoms. The van der Waals surface area contributed by atoms with Gasteiger partial charge in [-0.2, -0.15) is 0 Å². The van der Waals surface area contributed by atoms with Crippen LogP contribution in [0.5, 0.6) is 0 Å². The summed E-state index contributed by atoms with van der Waals surface area (Å²) in [6, 6.07) is 1.41. The van der Waals surface area contributed by atoms with E-state index < -0.39 is 0 Å². The monoisotopic (exact) mass is 295 g/mol. The summed E-state index contributed by atoms with van der Waals surface area (Å²) in [6.45, 7) is 19.2. The van der Waals surface area contributed by atoms with Crippen molar-refractivity contribution in [2.75, 3.05) is 39.3 Å². The van der Waals surface area contributed by atoms with Crippen molar-refractivity contribution in [2.24, 2.45) is 11.3 Å². The van der Waals surface area contributed by atoms with Crippen LogP contribution in [0.2, 0.25) is 0 Å². The van der Waals surface area contributed by atoms with Crippen LogP contribution < -0.4 is 5.32 Å². The fraction of sp³-hybridized carbons (Fsp3) is 1.00. The second-order valence-corrected chi connectivity index (χ2v) is 7.91. The molecule has 1 N–H and O–H groups in total. The molecular formula is C18H37N3. The number of nitrogens with zero attached hydrogens (tertiary/aromatic N) is 2. The fourth-order valence-corrected chi connectivity index (χ4v) is 4.68. The topological polar surface area (TPSA) is 18.5 Å². The zero-order valence-electron chi connectivity index (χ0n) is 15.0. The minimum atomic E-state index is 0.454. The molecule has 3 nitrogen and oxygen atoms in total. The standard InChI is InChI=1S/C18H37N3/c1-6-19-17-16(9-8-10-18(17,4)5)14-20-11-12-21(7-2)15(3)13-20/h15-17,19H,6-14H2,1-5H3. The van der Waals surface area contributed by atoms with E-state index in [0.717, 1.165) is 18.5 Å². The van der Waals surface area contributed by atoms with Gasteiger partial charge in [-0.3, -0.25) is 4.90 Å². The maximum Gasteiger partial charge on any atom is 0.0195 e. The van der Waals surface area contributed by atoms with Crippen LogP contribution in [-0.2, 0) is 0 Å². The molecule has 1 saturated heterocycles. The van der Waals surface area contributed by atoms with Gasteiger partial charge in [0.15, 0.2) is 0 Å². The Hall–Kier alpha value is -0.120. The molecule has 21 heavy (non-hydrogen) atoms. The van der Waals surface area contributed by atoms with Crippen molar-refractivity contribution in [1.29, 1.82) is 0 Å². The van der Waals surface area contributed by atoms with Gasteiger partial charge in [0.25, 0.3) is 0 Å². The van der Waals surface area contributed by atoms with E-state index >= 15 is 0 Å². The van der Waals surface area contributed by atoms with Gasteiger partial charge >= 0.3 is 0 Å². The van der Waals surface area contributed by atoms with Crippen LogP contribution in [0.15, 0.2) is 0 Å². The van der Waals surface area contributed by atoms with Crippen LogP contribution in [0.4, 0.5) is 0 Å². The van der Waals surface area contributed by atoms with E-state index in [1.54, 1.807) is 0 Å². The summed E-state index contributed by atoms with van der Waals surface area (Å²) >= 11 is 0. The van der Waals surface area contributed by atoms with Gasteiger partial charge in [-0.1, -0.05) is 34.1 Å². The van der Waals surface area contributed by atoms with Crippen LogP contribution >= 0.6 is 0 Å². The van der Waals surface area contributed by atoms with Crippen LogP contribution in [0, 0.1) is 11.3 Å². The lowest BCUT2D eigenvalue weighted by atomic mass is 9.67. The summed E-state index contributed by atoms with van der Waals surface area (Å²) in [4.78, 5) is 5.34. The first-order valence-corrected chi connectivity index (χ1v) is 9.17. The van der Waals surface area contributed by atoms with Gasteiger partial charge in [0, 0.05) is 38.3 Å². The average molecular weight is 296 g/mol. The third kappa shape index (κ3) is 4.20. The first-order chi connectivity index (χ1) is 9.97. The molecule has 1 aliphatic heterocycles. The van der Waals surface area contributed by atoms with Crippen molar-refractivity contribution in [1.82, 2.24) is 15.1 Å². The number of piperazine rings is 1. The van der Waals surface area contributed by atoms with E-state index in [1.165, 1.54) is 52.0 Å². The lowest BCUT2D eigenvalue weighted by Crippen LogP contribution is -2.56. The summed E-state index contributed by atoms with van der Waals surface area (Å²) < 4.78 is 0. The number of likely N-dealkylation sites (N-methyl/N-ethyl adjacent to an activating group) is 1. The number of rotatable bonds is 5. The smallest absolute Gasteiger partial charge is 0.0195 e. The van der Waals surface area contributed by atoms with Gasteiger partial charge in [0.1, 0.15) is 0 Å². The van der Waals surface area contributed by atoms with Crippen LogP contribution in [0.3, 0.4) is 0 Å². The van der Waals surface area contributed by atoms with Crippen LogP contribution in [0.1, 0.15) is 53.9 Å². The molecule has 3 atom stereocenters. The van der Waals surface area contributed by atoms with Crippen molar-refractivity contribution < 1.29 is 0 Å². The van der Waals surface area contributed by atoms with Crippen molar-refractivity contribution in [3.05, 3.63) is 0 Å². The minimum absolute atomic E-state index is 0.454. The Morgan fingerprint density at radius 1 is 1.19 bits per heavy atom. The predicted molar refractivity (Wildman–Crippen MR) is 91.7 cm³/mol. The number of hydrogen-bond donors (Lipinski definition) is 1. The highest BCUT2D eigenvalue weighted by Crippen LogP contribution is 2.39. The quantitative estimate of drug-likeness (QED) is 0.841. The van der Waals surface area contributed by atoms with E-state index in [-0.39, 0.29) is 0 Å². The highest BCUT2D eigenvalue weighted by atomic mass is 15.3. The number of hydrogen-bond acceptors (Lipinski definition) is 3. The lowest BCUT2D eigenvalue weighted by Gasteiger charge is -2.47. The third-order valence-electron chi connectivity index (χ3n) is 5.88. The van der Waals surface area contributed by atoms with Crippen molar-refractivity contribution in [3.63, 3.8) is 0 Å². The Bertz CT molecular complexity index is 316. The first-order valence-electron chi connectivity index (χ1n) is 9.17. The van der Waals surface area contributed by atoms with Gasteiger partial charge < -0.3 is 10.2 Å². The molecular weight excluding hydrogens is 258 g/mol. The Labute approximate surface area is 132 Å². The Kier molecular flexibility index (Phi) is 6.10. The molecule has 3 heteroatoms. The SMILES string of the molecule is CCNC1C(CN2CCN(CC)C(C)C2)CCCC1(C)C. The van der Waals surface area contributed by atoms with Gasteiger partial charge in [0.05, 0.1) is 0 Å². The molecule has 0 radical (unpaired) electrons. The predicted octanol–water partition coefficient (Wildman–Crippen LogP) is 2.82. The molecule has 2 aliphatic rings. The summed E-state index contributed by atoms with van der Waals surface area (Å²) in [7, 11) is 0. The summed E-state index contributed by atoms with van der Waals surface area (Å²) in [5.74, 6) is 0.828. The molecule has 1 aliphatic carbocycles. The largest absolute Gasteiger partial charge is 0.313 e. The second-order valence-electron chi connectivity index (χ2n) is 7.91. The molecule has 0 aromatic rings. The third-order valence-corrected chi connectivity index (χ3v) is 5.88. The molecule has 0 amide bonds.